The molecule has 0 aliphatic carbocycles. The van der Waals surface area contributed by atoms with Crippen LogP contribution in [0.1, 0.15) is 16.2 Å². The number of benzene rings is 2. The van der Waals surface area contributed by atoms with Crippen molar-refractivity contribution < 1.29 is 14.5 Å². The monoisotopic (exact) mass is 408 g/mol. The molecule has 4 rings (SSSR count). The second kappa shape index (κ2) is 7.28. The molecule has 0 radical (unpaired) electrons. The zero-order valence-corrected chi connectivity index (χ0v) is 16.0. The van der Waals surface area contributed by atoms with Gasteiger partial charge >= 0.3 is 5.97 Å². The molecule has 11 nitrogen and oxygen atoms in total. The number of aryl methyl sites for hydroxylation is 1. The van der Waals surface area contributed by atoms with Gasteiger partial charge in [-0.05, 0) is 18.2 Å². The van der Waals surface area contributed by atoms with Gasteiger partial charge in [0.15, 0.2) is 12.4 Å². The van der Waals surface area contributed by atoms with Crippen molar-refractivity contribution in [2.75, 3.05) is 12.4 Å². The standard InChI is InChI=1S/C19H16N6O5/c1-20-14-8-7-11(25(28)29)9-13(14)18(27)30-10-16-21-22-19-23(2)17(26)12-5-3-4-6-15(12)24(16)19/h3-9,20H,10H2,1-2H3. The predicted octanol–water partition coefficient (Wildman–Crippen LogP) is 1.89. The van der Waals surface area contributed by atoms with Gasteiger partial charge in [-0.2, -0.15) is 0 Å². The van der Waals surface area contributed by atoms with Crippen LogP contribution >= 0.6 is 0 Å². The molecule has 0 spiro atoms. The minimum Gasteiger partial charge on any atom is -0.454 e. The molecule has 0 bridgehead atoms. The average Bonchev–Trinajstić information content (AvgIpc) is 3.19. The maximum Gasteiger partial charge on any atom is 0.340 e. The lowest BCUT2D eigenvalue weighted by Crippen LogP contribution is -2.20. The minimum absolute atomic E-state index is 0.0257. The zero-order chi connectivity index (χ0) is 21.4. The summed E-state index contributed by atoms with van der Waals surface area (Å²) in [5, 5.41) is 22.4. The van der Waals surface area contributed by atoms with E-state index in [-0.39, 0.29) is 23.4 Å². The van der Waals surface area contributed by atoms with E-state index in [1.54, 1.807) is 42.8 Å². The Bertz CT molecular complexity index is 1370. The zero-order valence-electron chi connectivity index (χ0n) is 16.0. The molecule has 0 aliphatic rings. The molecular weight excluding hydrogens is 392 g/mol. The summed E-state index contributed by atoms with van der Waals surface area (Å²) in [7, 11) is 3.17. The van der Waals surface area contributed by atoms with Crippen LogP contribution in [0.2, 0.25) is 0 Å². The molecule has 0 atom stereocenters. The van der Waals surface area contributed by atoms with Gasteiger partial charge in [0.05, 0.1) is 21.4 Å². The first kappa shape index (κ1) is 19.1. The van der Waals surface area contributed by atoms with E-state index in [4.69, 9.17) is 4.74 Å². The van der Waals surface area contributed by atoms with Crippen LogP contribution in [-0.4, -0.2) is 37.1 Å². The number of anilines is 1. The smallest absolute Gasteiger partial charge is 0.340 e. The summed E-state index contributed by atoms with van der Waals surface area (Å²) in [6.45, 7) is -0.242. The molecule has 0 aliphatic heterocycles. The fraction of sp³-hybridized carbons (Fsp3) is 0.158. The van der Waals surface area contributed by atoms with Crippen LogP contribution in [0.25, 0.3) is 16.7 Å². The summed E-state index contributed by atoms with van der Waals surface area (Å²) in [5.74, 6) is -0.147. The van der Waals surface area contributed by atoms with Gasteiger partial charge in [-0.1, -0.05) is 12.1 Å². The third kappa shape index (κ3) is 3.02. The van der Waals surface area contributed by atoms with E-state index in [1.807, 2.05) is 0 Å². The Morgan fingerprint density at radius 3 is 2.73 bits per heavy atom. The molecule has 4 aromatic rings. The van der Waals surface area contributed by atoms with E-state index < -0.39 is 10.9 Å². The largest absolute Gasteiger partial charge is 0.454 e. The molecule has 152 valence electrons. The normalized spacial score (nSPS) is 11.0. The quantitative estimate of drug-likeness (QED) is 0.301. The molecule has 2 aromatic carbocycles. The van der Waals surface area contributed by atoms with Crippen molar-refractivity contribution in [1.82, 2.24) is 19.2 Å². The summed E-state index contributed by atoms with van der Waals surface area (Å²) < 4.78 is 8.36. The first-order valence-electron chi connectivity index (χ1n) is 8.87. The van der Waals surface area contributed by atoms with Crippen molar-refractivity contribution in [2.24, 2.45) is 7.05 Å². The highest BCUT2D eigenvalue weighted by Gasteiger charge is 2.20. The van der Waals surface area contributed by atoms with Crippen LogP contribution in [-0.2, 0) is 18.4 Å². The van der Waals surface area contributed by atoms with Gasteiger partial charge in [0.1, 0.15) is 0 Å². The molecule has 0 fully saturated rings. The van der Waals surface area contributed by atoms with Gasteiger partial charge < -0.3 is 10.1 Å². The summed E-state index contributed by atoms with van der Waals surface area (Å²) in [5.41, 5.74) is 0.555. The van der Waals surface area contributed by atoms with Crippen LogP contribution in [0.5, 0.6) is 0 Å². The number of rotatable bonds is 5. The molecular formula is C19H16N6O5. The number of carbonyl (C=O) groups is 1. The first-order valence-corrected chi connectivity index (χ1v) is 8.87. The summed E-state index contributed by atoms with van der Waals surface area (Å²) >= 11 is 0. The Hall–Kier alpha value is -4.28. The van der Waals surface area contributed by atoms with Gasteiger partial charge in [-0.15, -0.1) is 10.2 Å². The van der Waals surface area contributed by atoms with Crippen LogP contribution in [0, 0.1) is 10.1 Å². The lowest BCUT2D eigenvalue weighted by molar-refractivity contribution is -0.384. The Balaban J connectivity index is 1.72. The van der Waals surface area contributed by atoms with Gasteiger partial charge in [-0.3, -0.25) is 23.9 Å². The molecule has 0 saturated heterocycles. The number of carbonyl (C=O) groups excluding carboxylic acids is 1. The summed E-state index contributed by atoms with van der Waals surface area (Å²) in [6.07, 6.45) is 0. The van der Waals surface area contributed by atoms with Crippen molar-refractivity contribution in [1.29, 1.82) is 0 Å². The topological polar surface area (TPSA) is 134 Å². The van der Waals surface area contributed by atoms with E-state index in [2.05, 4.69) is 15.5 Å². The number of nitro benzene ring substituents is 1. The molecule has 0 saturated carbocycles. The number of aromatic nitrogens is 4. The number of nitrogens with one attached hydrogen (secondary N) is 1. The molecule has 11 heteroatoms. The fourth-order valence-electron chi connectivity index (χ4n) is 3.23. The summed E-state index contributed by atoms with van der Waals surface area (Å²) in [6, 6.07) is 10.8. The Kier molecular flexibility index (Phi) is 4.62. The van der Waals surface area contributed by atoms with Crippen molar-refractivity contribution in [2.45, 2.75) is 6.61 Å². The first-order chi connectivity index (χ1) is 14.4. The molecule has 0 unspecified atom stereocenters. The average molecular weight is 408 g/mol. The predicted molar refractivity (Wildman–Crippen MR) is 107 cm³/mol. The SMILES string of the molecule is CNc1ccc([N+](=O)[O-])cc1C(=O)OCc1nnc2n(C)c(=O)c3ccccc3n12. The number of ether oxygens (including phenoxy) is 1. The molecule has 0 amide bonds. The molecule has 2 aromatic heterocycles. The Morgan fingerprint density at radius 2 is 2.00 bits per heavy atom. The van der Waals surface area contributed by atoms with Gasteiger partial charge in [0, 0.05) is 31.9 Å². The van der Waals surface area contributed by atoms with Gasteiger partial charge in [-0.25, -0.2) is 4.79 Å². The fourth-order valence-corrected chi connectivity index (χ4v) is 3.23. The molecule has 1 N–H and O–H groups in total. The highest BCUT2D eigenvalue weighted by Crippen LogP contribution is 2.23. The maximum atomic E-state index is 12.6. The number of esters is 1. The minimum atomic E-state index is -0.756. The highest BCUT2D eigenvalue weighted by molar-refractivity contribution is 5.96. The lowest BCUT2D eigenvalue weighted by Gasteiger charge is -2.10. The van der Waals surface area contributed by atoms with Crippen LogP contribution in [0.4, 0.5) is 11.4 Å². The van der Waals surface area contributed by atoms with Gasteiger partial charge in [0.25, 0.3) is 11.2 Å². The molecule has 2 heterocycles. The van der Waals surface area contributed by atoms with Crippen molar-refractivity contribution in [3.63, 3.8) is 0 Å². The van der Waals surface area contributed by atoms with E-state index in [0.717, 1.165) is 6.07 Å². The van der Waals surface area contributed by atoms with E-state index >= 15 is 0 Å². The summed E-state index contributed by atoms with van der Waals surface area (Å²) in [4.78, 5) is 35.6. The lowest BCUT2D eigenvalue weighted by atomic mass is 10.1. The number of non-ortho nitro benzene ring substituents is 1. The number of nitrogens with zero attached hydrogens (tertiary/aromatic N) is 5. The van der Waals surface area contributed by atoms with Gasteiger partial charge in [0.2, 0.25) is 5.78 Å². The third-order valence-electron chi connectivity index (χ3n) is 4.73. The van der Waals surface area contributed by atoms with Crippen LogP contribution < -0.4 is 10.9 Å². The van der Waals surface area contributed by atoms with E-state index in [0.29, 0.717) is 28.2 Å². The van der Waals surface area contributed by atoms with Crippen molar-refractivity contribution in [3.05, 3.63) is 74.3 Å². The second-order valence-electron chi connectivity index (χ2n) is 6.45. The van der Waals surface area contributed by atoms with E-state index in [1.165, 1.54) is 16.7 Å². The second-order valence-corrected chi connectivity index (χ2v) is 6.45. The Labute approximate surface area is 168 Å². The van der Waals surface area contributed by atoms with E-state index in [9.17, 15) is 19.7 Å². The van der Waals surface area contributed by atoms with Crippen LogP contribution in [0.15, 0.2) is 47.3 Å². The van der Waals surface area contributed by atoms with Crippen molar-refractivity contribution in [3.8, 4) is 0 Å². The van der Waals surface area contributed by atoms with Crippen LogP contribution in [0.3, 0.4) is 0 Å². The number of hydrogen-bond donors (Lipinski definition) is 1. The number of fused-ring (bicyclic) bond motifs is 3. The molecule has 30 heavy (non-hydrogen) atoms. The number of hydrogen-bond acceptors (Lipinski definition) is 8. The maximum absolute atomic E-state index is 12.6. The Morgan fingerprint density at radius 1 is 1.23 bits per heavy atom. The number of para-hydroxylation sites is 1. The van der Waals surface area contributed by atoms with Crippen molar-refractivity contribution >= 4 is 34.0 Å². The number of nitro groups is 1. The third-order valence-corrected chi connectivity index (χ3v) is 4.73. The highest BCUT2D eigenvalue weighted by atomic mass is 16.6.